The van der Waals surface area contributed by atoms with E-state index in [1.807, 2.05) is 6.20 Å². The second kappa shape index (κ2) is 3.58. The van der Waals surface area contributed by atoms with Gasteiger partial charge in [-0.05, 0) is 37.0 Å². The van der Waals surface area contributed by atoms with Crippen molar-refractivity contribution in [3.63, 3.8) is 0 Å². The van der Waals surface area contributed by atoms with Crippen LogP contribution in [0.4, 0.5) is 5.82 Å². The Morgan fingerprint density at radius 2 is 2.29 bits per heavy atom. The lowest BCUT2D eigenvalue weighted by atomic mass is 10.2. The van der Waals surface area contributed by atoms with E-state index in [0.29, 0.717) is 12.6 Å². The van der Waals surface area contributed by atoms with E-state index in [1.54, 1.807) is 0 Å². The molecule has 0 bridgehead atoms. The predicted molar refractivity (Wildman–Crippen MR) is 58.3 cm³/mol. The summed E-state index contributed by atoms with van der Waals surface area (Å²) in [6.07, 6.45) is 4.48. The second-order valence-corrected chi connectivity index (χ2v) is 4.03. The van der Waals surface area contributed by atoms with E-state index in [-0.39, 0.29) is 0 Å². The molecule has 0 amide bonds. The Labute approximate surface area is 84.9 Å². The lowest BCUT2D eigenvalue weighted by molar-refractivity contribution is 0.879. The highest BCUT2D eigenvalue weighted by molar-refractivity contribution is 5.48. The number of hydrogen-bond donors (Lipinski definition) is 1. The molecule has 1 heterocycles. The smallest absolute Gasteiger partial charge is 0.131 e. The molecule has 76 valence electrons. The molecule has 1 aliphatic rings. The Hall–Kier alpha value is -1.09. The molecule has 0 unspecified atom stereocenters. The van der Waals surface area contributed by atoms with Crippen LogP contribution in [-0.2, 0) is 6.54 Å². The summed E-state index contributed by atoms with van der Waals surface area (Å²) in [6, 6.07) is 2.84. The predicted octanol–water partition coefficient (Wildman–Crippen LogP) is 1.45. The number of anilines is 1. The van der Waals surface area contributed by atoms with Gasteiger partial charge >= 0.3 is 0 Å². The zero-order valence-electron chi connectivity index (χ0n) is 8.83. The minimum absolute atomic E-state index is 0.571. The third-order valence-corrected chi connectivity index (χ3v) is 2.77. The van der Waals surface area contributed by atoms with E-state index in [2.05, 4.69) is 29.9 Å². The average molecular weight is 191 g/mol. The fourth-order valence-electron chi connectivity index (χ4n) is 1.74. The van der Waals surface area contributed by atoms with E-state index in [4.69, 9.17) is 5.73 Å². The Bertz CT molecular complexity index is 331. The van der Waals surface area contributed by atoms with Crippen molar-refractivity contribution in [2.75, 3.05) is 11.9 Å². The van der Waals surface area contributed by atoms with E-state index in [9.17, 15) is 0 Å². The molecule has 0 atom stereocenters. The van der Waals surface area contributed by atoms with Crippen molar-refractivity contribution in [2.45, 2.75) is 32.4 Å². The third kappa shape index (κ3) is 1.73. The maximum absolute atomic E-state index is 5.56. The fourth-order valence-corrected chi connectivity index (χ4v) is 1.74. The van der Waals surface area contributed by atoms with Crippen LogP contribution in [0.2, 0.25) is 0 Å². The number of rotatable bonds is 3. The zero-order valence-corrected chi connectivity index (χ0v) is 8.83. The first kappa shape index (κ1) is 9.46. The molecule has 1 saturated carbocycles. The van der Waals surface area contributed by atoms with Gasteiger partial charge in [-0.15, -0.1) is 0 Å². The van der Waals surface area contributed by atoms with Crippen molar-refractivity contribution >= 4 is 5.82 Å². The molecule has 1 aliphatic carbocycles. The topological polar surface area (TPSA) is 42.1 Å². The molecular formula is C11H17N3. The zero-order chi connectivity index (χ0) is 10.1. The van der Waals surface area contributed by atoms with Crippen LogP contribution >= 0.6 is 0 Å². The lowest BCUT2D eigenvalue weighted by Gasteiger charge is -2.19. The minimum Gasteiger partial charge on any atom is -0.356 e. The number of aryl methyl sites for hydroxylation is 1. The molecule has 0 spiro atoms. The summed E-state index contributed by atoms with van der Waals surface area (Å²) in [7, 11) is 2.12. The van der Waals surface area contributed by atoms with Crippen LogP contribution in [0.25, 0.3) is 0 Å². The van der Waals surface area contributed by atoms with E-state index in [0.717, 1.165) is 11.4 Å². The summed E-state index contributed by atoms with van der Waals surface area (Å²) in [4.78, 5) is 6.73. The van der Waals surface area contributed by atoms with Gasteiger partial charge in [0.2, 0.25) is 0 Å². The van der Waals surface area contributed by atoms with Crippen LogP contribution in [0, 0.1) is 6.92 Å². The Balaban J connectivity index is 2.24. The molecule has 0 aromatic carbocycles. The molecule has 14 heavy (non-hydrogen) atoms. The van der Waals surface area contributed by atoms with E-state index < -0.39 is 0 Å². The van der Waals surface area contributed by atoms with Crippen molar-refractivity contribution in [2.24, 2.45) is 5.73 Å². The molecule has 1 aromatic rings. The number of nitrogens with two attached hydrogens (primary N) is 1. The van der Waals surface area contributed by atoms with Crippen molar-refractivity contribution in [3.05, 3.63) is 23.4 Å². The first-order chi connectivity index (χ1) is 6.72. The molecule has 3 heteroatoms. The van der Waals surface area contributed by atoms with Crippen LogP contribution in [0.3, 0.4) is 0 Å². The molecule has 1 fully saturated rings. The first-order valence-corrected chi connectivity index (χ1v) is 5.11. The van der Waals surface area contributed by atoms with Crippen LogP contribution in [0.15, 0.2) is 12.3 Å². The fraction of sp³-hybridized carbons (Fsp3) is 0.545. The maximum Gasteiger partial charge on any atom is 0.131 e. The summed E-state index contributed by atoms with van der Waals surface area (Å²) >= 11 is 0. The van der Waals surface area contributed by atoms with Gasteiger partial charge in [0, 0.05) is 25.8 Å². The number of aromatic nitrogens is 1. The molecule has 0 radical (unpaired) electrons. The average Bonchev–Trinajstić information content (AvgIpc) is 3.00. The number of pyridine rings is 1. The summed E-state index contributed by atoms with van der Waals surface area (Å²) in [5.74, 6) is 1.10. The molecule has 0 saturated heterocycles. The van der Waals surface area contributed by atoms with Gasteiger partial charge in [-0.3, -0.25) is 0 Å². The van der Waals surface area contributed by atoms with Gasteiger partial charge < -0.3 is 10.6 Å². The molecule has 3 nitrogen and oxygen atoms in total. The highest BCUT2D eigenvalue weighted by Gasteiger charge is 2.27. The van der Waals surface area contributed by atoms with Gasteiger partial charge in [-0.25, -0.2) is 4.98 Å². The van der Waals surface area contributed by atoms with Gasteiger partial charge in [-0.2, -0.15) is 0 Å². The summed E-state index contributed by atoms with van der Waals surface area (Å²) in [5.41, 5.74) is 7.89. The van der Waals surface area contributed by atoms with Gasteiger partial charge in [0.15, 0.2) is 0 Å². The number of hydrogen-bond acceptors (Lipinski definition) is 3. The first-order valence-electron chi connectivity index (χ1n) is 5.11. The van der Waals surface area contributed by atoms with Crippen molar-refractivity contribution in [1.82, 2.24) is 4.98 Å². The van der Waals surface area contributed by atoms with Crippen LogP contribution in [0.5, 0.6) is 0 Å². The Morgan fingerprint density at radius 1 is 1.57 bits per heavy atom. The summed E-state index contributed by atoms with van der Waals surface area (Å²) in [5, 5.41) is 0. The molecule has 2 N–H and O–H groups in total. The van der Waals surface area contributed by atoms with Gasteiger partial charge in [0.1, 0.15) is 5.82 Å². The van der Waals surface area contributed by atoms with Crippen molar-refractivity contribution < 1.29 is 0 Å². The highest BCUT2D eigenvalue weighted by atomic mass is 15.2. The van der Waals surface area contributed by atoms with Crippen LogP contribution < -0.4 is 10.6 Å². The highest BCUT2D eigenvalue weighted by Crippen LogP contribution is 2.30. The molecule has 1 aromatic heterocycles. The maximum atomic E-state index is 5.56. The van der Waals surface area contributed by atoms with Crippen LogP contribution in [-0.4, -0.2) is 18.1 Å². The molecular weight excluding hydrogens is 174 g/mol. The van der Waals surface area contributed by atoms with Crippen molar-refractivity contribution in [1.29, 1.82) is 0 Å². The van der Waals surface area contributed by atoms with Gasteiger partial charge in [-0.1, -0.05) is 0 Å². The number of nitrogens with zero attached hydrogens (tertiary/aromatic N) is 2. The lowest BCUT2D eigenvalue weighted by Crippen LogP contribution is -2.21. The quantitative estimate of drug-likeness (QED) is 0.786. The second-order valence-electron chi connectivity index (χ2n) is 4.03. The summed E-state index contributed by atoms with van der Waals surface area (Å²) < 4.78 is 0. The molecule has 0 aliphatic heterocycles. The van der Waals surface area contributed by atoms with Crippen LogP contribution in [0.1, 0.15) is 24.0 Å². The summed E-state index contributed by atoms with van der Waals surface area (Å²) in [6.45, 7) is 2.67. The third-order valence-electron chi connectivity index (χ3n) is 2.77. The Morgan fingerprint density at radius 3 is 2.79 bits per heavy atom. The van der Waals surface area contributed by atoms with E-state index >= 15 is 0 Å². The normalized spacial score (nSPS) is 15.6. The van der Waals surface area contributed by atoms with E-state index in [1.165, 1.54) is 18.4 Å². The minimum atomic E-state index is 0.571. The molecule has 2 rings (SSSR count). The standard InChI is InChI=1S/C11H17N3/c1-8-5-9(6-12)7-13-11(8)14(2)10-3-4-10/h5,7,10H,3-4,6,12H2,1-2H3. The van der Waals surface area contributed by atoms with Gasteiger partial charge in [0.25, 0.3) is 0 Å². The monoisotopic (exact) mass is 191 g/mol. The largest absolute Gasteiger partial charge is 0.356 e. The Kier molecular flexibility index (Phi) is 2.42. The van der Waals surface area contributed by atoms with Gasteiger partial charge in [0.05, 0.1) is 0 Å². The SMILES string of the molecule is Cc1cc(CN)cnc1N(C)C1CC1. The van der Waals surface area contributed by atoms with Crippen molar-refractivity contribution in [3.8, 4) is 0 Å².